The Morgan fingerprint density at radius 1 is 1.20 bits per heavy atom. The summed E-state index contributed by atoms with van der Waals surface area (Å²) in [4.78, 5) is 39.7. The van der Waals surface area contributed by atoms with Gasteiger partial charge in [0.25, 0.3) is 0 Å². The third-order valence-electron chi connectivity index (χ3n) is 4.09. The molecule has 25 heavy (non-hydrogen) atoms. The molecule has 2 fully saturated rings. The lowest BCUT2D eigenvalue weighted by molar-refractivity contribution is -0.121. The third kappa shape index (κ3) is 4.46. The number of methoxy groups -OCH3 is 1. The van der Waals surface area contributed by atoms with Crippen molar-refractivity contribution in [2.45, 2.75) is 25.8 Å². The average molecular weight is 350 g/mol. The maximum atomic E-state index is 12.0. The van der Waals surface area contributed by atoms with E-state index >= 15 is 0 Å². The first-order valence-corrected chi connectivity index (χ1v) is 8.38. The van der Waals surface area contributed by atoms with E-state index in [4.69, 9.17) is 9.47 Å². The predicted octanol–water partition coefficient (Wildman–Crippen LogP) is -0.0611. The molecule has 136 valence electrons. The summed E-state index contributed by atoms with van der Waals surface area (Å²) in [5.41, 5.74) is 0. The molecular formula is C15H22N6O4. The first-order chi connectivity index (χ1) is 12.2. The molecule has 1 N–H and O–H groups in total. The molecule has 0 aromatic carbocycles. The van der Waals surface area contributed by atoms with Gasteiger partial charge in [0.15, 0.2) is 5.82 Å². The summed E-state index contributed by atoms with van der Waals surface area (Å²) in [6, 6.07) is 0.225. The number of nitrogens with zero attached hydrogens (tertiary/aromatic N) is 5. The Balaban J connectivity index is 1.60. The van der Waals surface area contributed by atoms with E-state index in [-0.39, 0.29) is 25.0 Å². The van der Waals surface area contributed by atoms with Crippen molar-refractivity contribution < 1.29 is 19.1 Å². The highest BCUT2D eigenvalue weighted by molar-refractivity contribution is 5.82. The molecule has 0 radical (unpaired) electrons. The lowest BCUT2D eigenvalue weighted by atomic mass is 10.1. The Hall–Kier alpha value is -2.65. The lowest BCUT2D eigenvalue weighted by Gasteiger charge is -2.26. The van der Waals surface area contributed by atoms with Crippen LogP contribution in [0.1, 0.15) is 25.1 Å². The lowest BCUT2D eigenvalue weighted by Crippen LogP contribution is -2.38. The standard InChI is InChI=1S/C15H22N6O4/c1-24-14-18-11(17-13(19-14)20-5-3-2-4-6-20)9-16-12(22)10-21-7-8-25-15(21)23/h2-10H2,1H3,(H,16,22). The zero-order valence-corrected chi connectivity index (χ0v) is 14.2. The zero-order chi connectivity index (χ0) is 17.6. The molecular weight excluding hydrogens is 328 g/mol. The largest absolute Gasteiger partial charge is 0.467 e. The van der Waals surface area contributed by atoms with Gasteiger partial charge in [-0.3, -0.25) is 9.69 Å². The number of aromatic nitrogens is 3. The summed E-state index contributed by atoms with van der Waals surface area (Å²) < 4.78 is 9.94. The number of anilines is 1. The summed E-state index contributed by atoms with van der Waals surface area (Å²) in [7, 11) is 1.50. The van der Waals surface area contributed by atoms with Crippen LogP contribution >= 0.6 is 0 Å². The van der Waals surface area contributed by atoms with Crippen molar-refractivity contribution in [3.8, 4) is 6.01 Å². The van der Waals surface area contributed by atoms with E-state index in [1.54, 1.807) is 0 Å². The SMILES string of the molecule is COc1nc(CNC(=O)CN2CCOC2=O)nc(N2CCCCC2)n1. The van der Waals surface area contributed by atoms with E-state index in [0.29, 0.717) is 24.9 Å². The van der Waals surface area contributed by atoms with E-state index in [9.17, 15) is 9.59 Å². The van der Waals surface area contributed by atoms with Crippen molar-refractivity contribution in [2.75, 3.05) is 44.8 Å². The van der Waals surface area contributed by atoms with Crippen molar-refractivity contribution in [3.05, 3.63) is 5.82 Å². The summed E-state index contributed by atoms with van der Waals surface area (Å²) in [6.45, 7) is 2.63. The molecule has 3 heterocycles. The van der Waals surface area contributed by atoms with Crippen molar-refractivity contribution in [2.24, 2.45) is 0 Å². The Bertz CT molecular complexity index is 634. The third-order valence-corrected chi connectivity index (χ3v) is 4.09. The first kappa shape index (κ1) is 17.2. The molecule has 1 aromatic heterocycles. The molecule has 2 saturated heterocycles. The molecule has 0 unspecified atom stereocenters. The van der Waals surface area contributed by atoms with Crippen LogP contribution in [-0.4, -0.2) is 71.7 Å². The molecule has 0 atom stereocenters. The molecule has 1 aromatic rings. The number of cyclic esters (lactones) is 1. The topological polar surface area (TPSA) is 110 Å². The van der Waals surface area contributed by atoms with Crippen LogP contribution in [0.25, 0.3) is 0 Å². The fraction of sp³-hybridized carbons (Fsp3) is 0.667. The van der Waals surface area contributed by atoms with Crippen LogP contribution in [0, 0.1) is 0 Å². The van der Waals surface area contributed by atoms with Crippen LogP contribution in [-0.2, 0) is 16.1 Å². The second-order valence-electron chi connectivity index (χ2n) is 5.90. The monoisotopic (exact) mass is 350 g/mol. The minimum absolute atomic E-state index is 0.0416. The number of nitrogens with one attached hydrogen (secondary N) is 1. The number of amides is 2. The van der Waals surface area contributed by atoms with Gasteiger partial charge in [-0.25, -0.2) is 4.79 Å². The highest BCUT2D eigenvalue weighted by atomic mass is 16.6. The maximum absolute atomic E-state index is 12.0. The Morgan fingerprint density at radius 2 is 2.00 bits per heavy atom. The van der Waals surface area contributed by atoms with Crippen LogP contribution in [0.15, 0.2) is 0 Å². The Labute approximate surface area is 145 Å². The number of rotatable bonds is 6. The van der Waals surface area contributed by atoms with E-state index in [0.717, 1.165) is 25.9 Å². The molecule has 10 nitrogen and oxygen atoms in total. The van der Waals surface area contributed by atoms with Crippen LogP contribution in [0.3, 0.4) is 0 Å². The quantitative estimate of drug-likeness (QED) is 0.760. The smallest absolute Gasteiger partial charge is 0.410 e. The average Bonchev–Trinajstić information content (AvgIpc) is 3.05. The van der Waals surface area contributed by atoms with Crippen molar-refractivity contribution >= 4 is 17.9 Å². The van der Waals surface area contributed by atoms with Gasteiger partial charge in [0.05, 0.1) is 20.2 Å². The van der Waals surface area contributed by atoms with Crippen molar-refractivity contribution in [1.29, 1.82) is 0 Å². The predicted molar refractivity (Wildman–Crippen MR) is 87.2 cm³/mol. The van der Waals surface area contributed by atoms with Crippen molar-refractivity contribution in [3.63, 3.8) is 0 Å². The van der Waals surface area contributed by atoms with Gasteiger partial charge < -0.3 is 19.7 Å². The molecule has 0 bridgehead atoms. The van der Waals surface area contributed by atoms with Gasteiger partial charge >= 0.3 is 12.1 Å². The minimum atomic E-state index is -0.468. The summed E-state index contributed by atoms with van der Waals surface area (Å²) in [6.07, 6.45) is 2.95. The molecule has 2 aliphatic rings. The maximum Gasteiger partial charge on any atom is 0.410 e. The van der Waals surface area contributed by atoms with Crippen LogP contribution in [0.5, 0.6) is 6.01 Å². The summed E-state index contributed by atoms with van der Waals surface area (Å²) in [5, 5.41) is 2.71. The fourth-order valence-corrected chi connectivity index (χ4v) is 2.77. The van der Waals surface area contributed by atoms with Gasteiger partial charge in [-0.15, -0.1) is 0 Å². The van der Waals surface area contributed by atoms with E-state index in [2.05, 4.69) is 25.2 Å². The molecule has 2 amide bonds. The highest BCUT2D eigenvalue weighted by Gasteiger charge is 2.24. The van der Waals surface area contributed by atoms with Crippen LogP contribution in [0.2, 0.25) is 0 Å². The van der Waals surface area contributed by atoms with Gasteiger partial charge in [0.1, 0.15) is 13.2 Å². The Morgan fingerprint density at radius 3 is 2.68 bits per heavy atom. The molecule has 3 rings (SSSR count). The van der Waals surface area contributed by atoms with E-state index in [1.807, 2.05) is 0 Å². The second-order valence-corrected chi connectivity index (χ2v) is 5.90. The molecule has 0 saturated carbocycles. The summed E-state index contributed by atoms with van der Waals surface area (Å²) >= 11 is 0. The fourth-order valence-electron chi connectivity index (χ4n) is 2.77. The molecule has 0 spiro atoms. The number of carbonyl (C=O) groups excluding carboxylic acids is 2. The number of hydrogen-bond donors (Lipinski definition) is 1. The number of carbonyl (C=O) groups is 2. The summed E-state index contributed by atoms with van der Waals surface area (Å²) in [5.74, 6) is 0.696. The van der Waals surface area contributed by atoms with Crippen LogP contribution in [0.4, 0.5) is 10.7 Å². The van der Waals surface area contributed by atoms with Gasteiger partial charge in [-0.1, -0.05) is 0 Å². The molecule has 10 heteroatoms. The van der Waals surface area contributed by atoms with E-state index < -0.39 is 6.09 Å². The molecule has 2 aliphatic heterocycles. The minimum Gasteiger partial charge on any atom is -0.467 e. The first-order valence-electron chi connectivity index (χ1n) is 8.38. The van der Waals surface area contributed by atoms with E-state index in [1.165, 1.54) is 18.4 Å². The normalized spacial score (nSPS) is 17.4. The van der Waals surface area contributed by atoms with Crippen molar-refractivity contribution in [1.82, 2.24) is 25.2 Å². The second kappa shape index (κ2) is 7.95. The van der Waals surface area contributed by atoms with Crippen LogP contribution < -0.4 is 15.0 Å². The number of hydrogen-bond acceptors (Lipinski definition) is 8. The highest BCUT2D eigenvalue weighted by Crippen LogP contribution is 2.17. The Kier molecular flexibility index (Phi) is 5.46. The molecule has 0 aliphatic carbocycles. The zero-order valence-electron chi connectivity index (χ0n) is 14.2. The van der Waals surface area contributed by atoms with Gasteiger partial charge in [-0.05, 0) is 19.3 Å². The number of ether oxygens (including phenoxy) is 2. The van der Waals surface area contributed by atoms with Gasteiger partial charge in [0.2, 0.25) is 11.9 Å². The van der Waals surface area contributed by atoms with Gasteiger partial charge in [0, 0.05) is 13.1 Å². The van der Waals surface area contributed by atoms with Gasteiger partial charge in [-0.2, -0.15) is 15.0 Å². The number of piperidine rings is 1.